The van der Waals surface area contributed by atoms with Crippen LogP contribution in [0.15, 0.2) is 59.6 Å². The quantitative estimate of drug-likeness (QED) is 0.475. The molecule has 7 heteroatoms. The summed E-state index contributed by atoms with van der Waals surface area (Å²) in [6, 6.07) is 16.3. The normalized spacial score (nSPS) is 10.5. The number of benzene rings is 2. The number of aliphatic imine (C=N–C) groups is 1. The molecule has 0 aliphatic heterocycles. The highest BCUT2D eigenvalue weighted by Gasteiger charge is 2.16. The van der Waals surface area contributed by atoms with Gasteiger partial charge in [0, 0.05) is 10.9 Å². The summed E-state index contributed by atoms with van der Waals surface area (Å²) in [6.07, 6.45) is 0. The molecular formula is C19H18N4O3. The van der Waals surface area contributed by atoms with Crippen molar-refractivity contribution in [3.63, 3.8) is 0 Å². The minimum Gasteiger partial charge on any atom is -0.489 e. The monoisotopic (exact) mass is 350 g/mol. The summed E-state index contributed by atoms with van der Waals surface area (Å²) in [5.74, 6) is -0.407. The second kappa shape index (κ2) is 7.62. The summed E-state index contributed by atoms with van der Waals surface area (Å²) < 4.78 is 5.57. The van der Waals surface area contributed by atoms with Gasteiger partial charge in [0.15, 0.2) is 5.96 Å². The standard InChI is InChI=1S/C19H18N4O3/c20-19(21)23-18(25)14-11-15(12-5-2-1-3-6-12)22-17-13(14)7-4-8-16(17)26-10-9-24/h1-8,11,24H,9-10H2,(H4,20,21,23,25). The number of aliphatic hydroxyl groups excluding tert-OH is 1. The predicted octanol–water partition coefficient (Wildman–Crippen LogP) is 1.69. The van der Waals surface area contributed by atoms with Gasteiger partial charge in [-0.25, -0.2) is 4.98 Å². The lowest BCUT2D eigenvalue weighted by molar-refractivity contribution is 0.100. The summed E-state index contributed by atoms with van der Waals surface area (Å²) in [5.41, 5.74) is 13.0. The Balaban J connectivity index is 2.26. The molecule has 0 radical (unpaired) electrons. The van der Waals surface area contributed by atoms with E-state index in [-0.39, 0.29) is 19.2 Å². The van der Waals surface area contributed by atoms with E-state index in [1.165, 1.54) is 0 Å². The summed E-state index contributed by atoms with van der Waals surface area (Å²) in [5, 5.41) is 9.59. The van der Waals surface area contributed by atoms with Crippen molar-refractivity contribution in [3.8, 4) is 17.0 Å². The van der Waals surface area contributed by atoms with Gasteiger partial charge in [0.1, 0.15) is 17.9 Å². The van der Waals surface area contributed by atoms with E-state index >= 15 is 0 Å². The fourth-order valence-electron chi connectivity index (χ4n) is 2.61. The zero-order valence-corrected chi connectivity index (χ0v) is 13.9. The number of fused-ring (bicyclic) bond motifs is 1. The second-order valence-corrected chi connectivity index (χ2v) is 5.49. The van der Waals surface area contributed by atoms with Gasteiger partial charge < -0.3 is 21.3 Å². The molecule has 0 bridgehead atoms. The maximum absolute atomic E-state index is 12.5. The van der Waals surface area contributed by atoms with Crippen LogP contribution in [0.4, 0.5) is 0 Å². The molecule has 7 nitrogen and oxygen atoms in total. The third-order valence-electron chi connectivity index (χ3n) is 3.68. The Morgan fingerprint density at radius 1 is 1.12 bits per heavy atom. The molecule has 26 heavy (non-hydrogen) atoms. The van der Waals surface area contributed by atoms with E-state index in [1.807, 2.05) is 30.3 Å². The average Bonchev–Trinajstić information content (AvgIpc) is 2.65. The lowest BCUT2D eigenvalue weighted by atomic mass is 10.0. The number of aliphatic hydroxyl groups is 1. The second-order valence-electron chi connectivity index (χ2n) is 5.49. The van der Waals surface area contributed by atoms with Crippen LogP contribution in [-0.2, 0) is 0 Å². The van der Waals surface area contributed by atoms with Crippen molar-refractivity contribution in [2.75, 3.05) is 13.2 Å². The van der Waals surface area contributed by atoms with E-state index in [1.54, 1.807) is 24.3 Å². The molecule has 3 rings (SSSR count). The molecule has 0 unspecified atom stereocenters. The molecule has 0 atom stereocenters. The Labute approximate surface area is 149 Å². The van der Waals surface area contributed by atoms with E-state index in [2.05, 4.69) is 9.98 Å². The topological polar surface area (TPSA) is 124 Å². The smallest absolute Gasteiger partial charge is 0.280 e. The van der Waals surface area contributed by atoms with E-state index in [0.717, 1.165) is 5.56 Å². The molecule has 1 aromatic heterocycles. The first kappa shape index (κ1) is 17.4. The number of carbonyl (C=O) groups excluding carboxylic acids is 1. The van der Waals surface area contributed by atoms with Gasteiger partial charge in [0.05, 0.1) is 17.9 Å². The molecule has 0 saturated heterocycles. The lowest BCUT2D eigenvalue weighted by Gasteiger charge is -2.12. The minimum atomic E-state index is -0.561. The van der Waals surface area contributed by atoms with Gasteiger partial charge in [-0.15, -0.1) is 0 Å². The number of hydrogen-bond donors (Lipinski definition) is 3. The van der Waals surface area contributed by atoms with Crippen LogP contribution in [0.3, 0.4) is 0 Å². The molecule has 0 aliphatic rings. The number of rotatable bonds is 5. The zero-order chi connectivity index (χ0) is 18.5. The van der Waals surface area contributed by atoms with Crippen LogP contribution in [0.1, 0.15) is 10.4 Å². The molecule has 132 valence electrons. The number of nitrogens with zero attached hydrogens (tertiary/aromatic N) is 2. The molecule has 3 aromatic rings. The number of pyridine rings is 1. The Bertz CT molecular complexity index is 967. The largest absolute Gasteiger partial charge is 0.489 e. The van der Waals surface area contributed by atoms with E-state index < -0.39 is 5.91 Å². The van der Waals surface area contributed by atoms with Gasteiger partial charge >= 0.3 is 0 Å². The van der Waals surface area contributed by atoms with Gasteiger partial charge in [-0.05, 0) is 12.1 Å². The Kier molecular flexibility index (Phi) is 5.09. The van der Waals surface area contributed by atoms with Gasteiger partial charge in [-0.2, -0.15) is 4.99 Å². The summed E-state index contributed by atoms with van der Waals surface area (Å²) >= 11 is 0. The number of guanidine groups is 1. The molecule has 1 amide bonds. The highest BCUT2D eigenvalue weighted by molar-refractivity contribution is 6.11. The summed E-state index contributed by atoms with van der Waals surface area (Å²) in [6.45, 7) is -0.0118. The van der Waals surface area contributed by atoms with Gasteiger partial charge in [-0.3, -0.25) is 4.79 Å². The van der Waals surface area contributed by atoms with Crippen LogP contribution in [0, 0.1) is 0 Å². The first-order chi connectivity index (χ1) is 12.6. The third kappa shape index (κ3) is 3.62. The highest BCUT2D eigenvalue weighted by Crippen LogP contribution is 2.31. The Morgan fingerprint density at radius 3 is 2.58 bits per heavy atom. The van der Waals surface area contributed by atoms with Crippen LogP contribution >= 0.6 is 0 Å². The Morgan fingerprint density at radius 2 is 1.88 bits per heavy atom. The maximum Gasteiger partial charge on any atom is 0.280 e. The molecule has 1 heterocycles. The Hall–Kier alpha value is -3.45. The predicted molar refractivity (Wildman–Crippen MR) is 99.9 cm³/mol. The highest BCUT2D eigenvalue weighted by atomic mass is 16.5. The van der Waals surface area contributed by atoms with Gasteiger partial charge in [0.25, 0.3) is 5.91 Å². The van der Waals surface area contributed by atoms with Gasteiger partial charge in [0.2, 0.25) is 0 Å². The van der Waals surface area contributed by atoms with Crippen LogP contribution in [0.2, 0.25) is 0 Å². The lowest BCUT2D eigenvalue weighted by Crippen LogP contribution is -2.24. The molecule has 0 fully saturated rings. The number of hydrogen-bond acceptors (Lipinski definition) is 4. The summed E-state index contributed by atoms with van der Waals surface area (Å²) in [7, 11) is 0. The van der Waals surface area contributed by atoms with Gasteiger partial charge in [-0.1, -0.05) is 42.5 Å². The average molecular weight is 350 g/mol. The van der Waals surface area contributed by atoms with E-state index in [9.17, 15) is 4.79 Å². The number of ether oxygens (including phenoxy) is 1. The maximum atomic E-state index is 12.5. The molecular weight excluding hydrogens is 332 g/mol. The van der Waals surface area contributed by atoms with Crippen molar-refractivity contribution in [2.24, 2.45) is 16.5 Å². The van der Waals surface area contributed by atoms with Crippen molar-refractivity contribution in [1.29, 1.82) is 0 Å². The number of carbonyl (C=O) groups is 1. The fraction of sp³-hybridized carbons (Fsp3) is 0.105. The van der Waals surface area contributed by atoms with E-state index in [4.69, 9.17) is 21.3 Å². The molecule has 0 aliphatic carbocycles. The first-order valence-electron chi connectivity index (χ1n) is 7.97. The van der Waals surface area contributed by atoms with Crippen LogP contribution in [-0.4, -0.2) is 35.2 Å². The first-order valence-corrected chi connectivity index (χ1v) is 7.97. The van der Waals surface area contributed by atoms with Crippen molar-refractivity contribution in [2.45, 2.75) is 0 Å². The number of para-hydroxylation sites is 1. The number of aromatic nitrogens is 1. The molecule has 0 saturated carbocycles. The van der Waals surface area contributed by atoms with Crippen LogP contribution < -0.4 is 16.2 Å². The minimum absolute atomic E-state index is 0.119. The van der Waals surface area contributed by atoms with Crippen LogP contribution in [0.5, 0.6) is 5.75 Å². The number of amides is 1. The van der Waals surface area contributed by atoms with Crippen molar-refractivity contribution >= 4 is 22.8 Å². The van der Waals surface area contributed by atoms with E-state index in [0.29, 0.717) is 27.9 Å². The molecule has 5 N–H and O–H groups in total. The number of nitrogens with two attached hydrogens (primary N) is 2. The third-order valence-corrected chi connectivity index (χ3v) is 3.68. The van der Waals surface area contributed by atoms with Crippen molar-refractivity contribution in [1.82, 2.24) is 4.98 Å². The SMILES string of the molecule is NC(N)=NC(=O)c1cc(-c2ccccc2)nc2c(OCCO)cccc12. The molecule has 2 aromatic carbocycles. The fourth-order valence-corrected chi connectivity index (χ4v) is 2.61. The van der Waals surface area contributed by atoms with Crippen molar-refractivity contribution in [3.05, 3.63) is 60.2 Å². The zero-order valence-electron chi connectivity index (χ0n) is 13.9. The molecule has 0 spiro atoms. The van der Waals surface area contributed by atoms with Crippen LogP contribution in [0.25, 0.3) is 22.2 Å². The summed E-state index contributed by atoms with van der Waals surface area (Å²) in [4.78, 5) is 20.8. The van der Waals surface area contributed by atoms with Crippen molar-refractivity contribution < 1.29 is 14.6 Å².